The Morgan fingerprint density at radius 2 is 1.72 bits per heavy atom. The summed E-state index contributed by atoms with van der Waals surface area (Å²) >= 11 is 0. The van der Waals surface area contributed by atoms with E-state index >= 15 is 0 Å². The second-order valence-electron chi connectivity index (χ2n) is 8.97. The van der Waals surface area contributed by atoms with Crippen molar-refractivity contribution in [3.63, 3.8) is 0 Å². The van der Waals surface area contributed by atoms with E-state index in [1.807, 2.05) is 47.9 Å². The standard InChI is InChI=1S/C23H17N5O.C6H13N/c1-15-3-6-19(13-18(15)9-10-24)21-20(17-7-4-16(14-25)5-8-17)27-23(29-2)22-26-11-12-28(21)22;1-7-5-3-2-4-6-7/h3-8,11-13H,9H2,1-2H3;2-6H2,1H3. The monoisotopic (exact) mass is 478 g/mol. The molecule has 3 heterocycles. The van der Waals surface area contributed by atoms with Gasteiger partial charge in [-0.25, -0.2) is 9.97 Å². The molecule has 2 aromatic carbocycles. The topological polar surface area (TPSA) is 90.2 Å². The fourth-order valence-electron chi connectivity index (χ4n) is 4.42. The Morgan fingerprint density at radius 3 is 2.33 bits per heavy atom. The zero-order chi connectivity index (χ0) is 25.5. The van der Waals surface area contributed by atoms with E-state index in [4.69, 9.17) is 15.0 Å². The molecule has 182 valence electrons. The lowest BCUT2D eigenvalue weighted by Crippen LogP contribution is -2.24. The van der Waals surface area contributed by atoms with Crippen LogP contribution in [0.1, 0.15) is 36.0 Å². The van der Waals surface area contributed by atoms with Crippen LogP contribution in [0, 0.1) is 29.6 Å². The molecular weight excluding hydrogens is 448 g/mol. The molecule has 1 saturated heterocycles. The molecule has 4 aromatic rings. The third-order valence-corrected chi connectivity index (χ3v) is 6.46. The van der Waals surface area contributed by atoms with Crippen molar-refractivity contribution in [3.05, 3.63) is 71.5 Å². The number of hydrogen-bond acceptors (Lipinski definition) is 6. The Kier molecular flexibility index (Phi) is 7.95. The molecule has 0 spiro atoms. The molecule has 2 aromatic heterocycles. The Bertz CT molecular complexity index is 1420. The number of aromatic nitrogens is 3. The average Bonchev–Trinajstić information content (AvgIpc) is 3.40. The van der Waals surface area contributed by atoms with Gasteiger partial charge in [-0.3, -0.25) is 4.40 Å². The van der Waals surface area contributed by atoms with Gasteiger partial charge >= 0.3 is 0 Å². The van der Waals surface area contributed by atoms with Crippen molar-refractivity contribution in [3.8, 4) is 40.5 Å². The molecule has 1 aliphatic heterocycles. The third kappa shape index (κ3) is 5.38. The zero-order valence-corrected chi connectivity index (χ0v) is 21.0. The highest BCUT2D eigenvalue weighted by Crippen LogP contribution is 2.35. The Balaban J connectivity index is 0.000000375. The quantitative estimate of drug-likeness (QED) is 0.389. The summed E-state index contributed by atoms with van der Waals surface area (Å²) in [7, 11) is 3.76. The average molecular weight is 479 g/mol. The van der Waals surface area contributed by atoms with Crippen molar-refractivity contribution in [1.29, 1.82) is 10.5 Å². The minimum absolute atomic E-state index is 0.336. The van der Waals surface area contributed by atoms with Gasteiger partial charge in [-0.15, -0.1) is 0 Å². The maximum Gasteiger partial charge on any atom is 0.258 e. The molecule has 1 aliphatic rings. The van der Waals surface area contributed by atoms with E-state index < -0.39 is 0 Å². The number of fused-ring (bicyclic) bond motifs is 1. The van der Waals surface area contributed by atoms with Crippen LogP contribution in [0.25, 0.3) is 28.2 Å². The maximum atomic E-state index is 9.17. The van der Waals surface area contributed by atoms with Crippen LogP contribution in [0.4, 0.5) is 0 Å². The Labute approximate surface area is 212 Å². The van der Waals surface area contributed by atoms with E-state index in [2.05, 4.69) is 29.1 Å². The largest absolute Gasteiger partial charge is 0.478 e. The number of piperidine rings is 1. The molecule has 7 heteroatoms. The first-order valence-electron chi connectivity index (χ1n) is 12.1. The van der Waals surface area contributed by atoms with Crippen molar-refractivity contribution in [2.75, 3.05) is 27.2 Å². The molecule has 0 atom stereocenters. The van der Waals surface area contributed by atoms with Crippen LogP contribution in [-0.2, 0) is 6.42 Å². The highest BCUT2D eigenvalue weighted by molar-refractivity contribution is 5.82. The molecule has 0 aliphatic carbocycles. The Hall–Kier alpha value is -4.20. The summed E-state index contributed by atoms with van der Waals surface area (Å²) < 4.78 is 7.42. The van der Waals surface area contributed by atoms with Gasteiger partial charge in [-0.2, -0.15) is 10.5 Å². The number of methoxy groups -OCH3 is 1. The van der Waals surface area contributed by atoms with Gasteiger partial charge in [0, 0.05) is 23.5 Å². The molecule has 5 rings (SSSR count). The van der Waals surface area contributed by atoms with E-state index in [1.165, 1.54) is 32.4 Å². The van der Waals surface area contributed by atoms with Crippen LogP contribution in [0.5, 0.6) is 5.88 Å². The number of ether oxygens (including phenoxy) is 1. The van der Waals surface area contributed by atoms with Crippen LogP contribution in [-0.4, -0.2) is 46.5 Å². The van der Waals surface area contributed by atoms with E-state index in [0.29, 0.717) is 29.2 Å². The number of likely N-dealkylation sites (tertiary alicyclic amines) is 1. The molecule has 0 amide bonds. The van der Waals surface area contributed by atoms with E-state index in [0.717, 1.165) is 27.9 Å². The predicted octanol–water partition coefficient (Wildman–Crippen LogP) is 5.42. The van der Waals surface area contributed by atoms with E-state index in [9.17, 15) is 5.26 Å². The SMILES string of the molecule is CN1CCCCC1.COc1nc(-c2ccc(C#N)cc2)c(-c2ccc(C)c(CC#N)c2)n2ccnc12. The second kappa shape index (κ2) is 11.5. The molecular formula is C29H30N6O. The molecule has 7 nitrogen and oxygen atoms in total. The number of imidazole rings is 1. The first kappa shape index (κ1) is 24.9. The van der Waals surface area contributed by atoms with Gasteiger partial charge in [0.05, 0.1) is 42.6 Å². The van der Waals surface area contributed by atoms with Gasteiger partial charge in [-0.1, -0.05) is 30.7 Å². The van der Waals surface area contributed by atoms with Crippen LogP contribution in [0.15, 0.2) is 54.9 Å². The Morgan fingerprint density at radius 1 is 1.00 bits per heavy atom. The molecule has 0 N–H and O–H groups in total. The zero-order valence-electron chi connectivity index (χ0n) is 21.0. The van der Waals surface area contributed by atoms with Gasteiger partial charge in [0.25, 0.3) is 5.88 Å². The summed E-state index contributed by atoms with van der Waals surface area (Å²) in [5, 5.41) is 18.3. The summed E-state index contributed by atoms with van der Waals surface area (Å²) in [6.07, 6.45) is 8.18. The van der Waals surface area contributed by atoms with Crippen molar-refractivity contribution >= 4 is 5.65 Å². The first-order chi connectivity index (χ1) is 17.5. The minimum Gasteiger partial charge on any atom is -0.478 e. The fourth-order valence-corrected chi connectivity index (χ4v) is 4.42. The van der Waals surface area contributed by atoms with Gasteiger partial charge in [0.15, 0.2) is 0 Å². The van der Waals surface area contributed by atoms with Crippen LogP contribution in [0.2, 0.25) is 0 Å². The van der Waals surface area contributed by atoms with E-state index in [-0.39, 0.29) is 0 Å². The molecule has 1 fully saturated rings. The van der Waals surface area contributed by atoms with Gasteiger partial charge in [0.1, 0.15) is 0 Å². The normalized spacial score (nSPS) is 13.4. The number of nitrogens with zero attached hydrogens (tertiary/aromatic N) is 6. The lowest BCUT2D eigenvalue weighted by atomic mass is 9.98. The van der Waals surface area contributed by atoms with E-state index in [1.54, 1.807) is 25.4 Å². The lowest BCUT2D eigenvalue weighted by Gasteiger charge is -2.20. The molecule has 0 unspecified atom stereocenters. The summed E-state index contributed by atoms with van der Waals surface area (Å²) in [5.74, 6) is 0.419. The minimum atomic E-state index is 0.336. The summed E-state index contributed by atoms with van der Waals surface area (Å²) in [5.41, 5.74) is 6.58. The molecule has 0 radical (unpaired) electrons. The number of nitriles is 2. The number of rotatable bonds is 4. The van der Waals surface area contributed by atoms with Crippen molar-refractivity contribution in [2.24, 2.45) is 0 Å². The highest BCUT2D eigenvalue weighted by Gasteiger charge is 2.19. The van der Waals surface area contributed by atoms with Crippen molar-refractivity contribution < 1.29 is 4.74 Å². The van der Waals surface area contributed by atoms with Gasteiger partial charge in [0.2, 0.25) is 5.65 Å². The van der Waals surface area contributed by atoms with Crippen LogP contribution in [0.3, 0.4) is 0 Å². The number of benzene rings is 2. The number of aryl methyl sites for hydroxylation is 1. The summed E-state index contributed by atoms with van der Waals surface area (Å²) in [6, 6.07) is 17.7. The summed E-state index contributed by atoms with van der Waals surface area (Å²) in [4.78, 5) is 11.5. The first-order valence-corrected chi connectivity index (χ1v) is 12.1. The van der Waals surface area contributed by atoms with Crippen LogP contribution < -0.4 is 4.74 Å². The fraction of sp³-hybridized carbons (Fsp3) is 0.310. The third-order valence-electron chi connectivity index (χ3n) is 6.46. The molecule has 0 bridgehead atoms. The van der Waals surface area contributed by atoms with Crippen molar-refractivity contribution in [1.82, 2.24) is 19.3 Å². The van der Waals surface area contributed by atoms with Gasteiger partial charge < -0.3 is 9.64 Å². The smallest absolute Gasteiger partial charge is 0.258 e. The van der Waals surface area contributed by atoms with Crippen molar-refractivity contribution in [2.45, 2.75) is 32.6 Å². The highest BCUT2D eigenvalue weighted by atomic mass is 16.5. The molecule has 0 saturated carbocycles. The van der Waals surface area contributed by atoms with Gasteiger partial charge in [-0.05, 0) is 69.2 Å². The second-order valence-corrected chi connectivity index (χ2v) is 8.97. The maximum absolute atomic E-state index is 9.17. The molecule has 36 heavy (non-hydrogen) atoms. The van der Waals surface area contributed by atoms with Crippen LogP contribution >= 0.6 is 0 Å². The lowest BCUT2D eigenvalue weighted by molar-refractivity contribution is 0.277. The predicted molar refractivity (Wildman–Crippen MR) is 141 cm³/mol. The summed E-state index contributed by atoms with van der Waals surface area (Å²) in [6.45, 7) is 4.64. The number of hydrogen-bond donors (Lipinski definition) is 0.